The van der Waals surface area contributed by atoms with Gasteiger partial charge >= 0.3 is 0 Å². The van der Waals surface area contributed by atoms with E-state index in [1.807, 2.05) is 32.2 Å². The molecule has 0 spiro atoms. The highest BCUT2D eigenvalue weighted by Crippen LogP contribution is 2.26. The smallest absolute Gasteiger partial charge is 0.127 e. The van der Waals surface area contributed by atoms with E-state index >= 15 is 0 Å². The van der Waals surface area contributed by atoms with Gasteiger partial charge in [0.25, 0.3) is 0 Å². The van der Waals surface area contributed by atoms with E-state index in [0.717, 1.165) is 11.1 Å². The van der Waals surface area contributed by atoms with Crippen LogP contribution in [0.4, 0.5) is 4.39 Å². The van der Waals surface area contributed by atoms with E-state index in [9.17, 15) is 4.39 Å². The largest absolute Gasteiger partial charge is 0.313 e. The van der Waals surface area contributed by atoms with Crippen molar-refractivity contribution in [3.05, 3.63) is 69.0 Å². The molecule has 1 N–H and O–H groups in total. The van der Waals surface area contributed by atoms with Crippen LogP contribution in [0.1, 0.15) is 22.7 Å². The molecule has 1 nitrogen and oxygen atoms in total. The molecule has 0 heterocycles. The van der Waals surface area contributed by atoms with Crippen molar-refractivity contribution in [2.24, 2.45) is 0 Å². The van der Waals surface area contributed by atoms with Crippen LogP contribution in [0.5, 0.6) is 0 Å². The molecule has 0 aliphatic rings. The number of hydrogen-bond acceptors (Lipinski definition) is 1. The Hall–Kier alpha value is -1.09. The van der Waals surface area contributed by atoms with E-state index in [2.05, 4.69) is 5.32 Å². The maximum absolute atomic E-state index is 13.9. The molecule has 0 aliphatic carbocycles. The van der Waals surface area contributed by atoms with Gasteiger partial charge in [0, 0.05) is 16.1 Å². The van der Waals surface area contributed by atoms with Gasteiger partial charge in [0.15, 0.2) is 0 Å². The molecule has 2 rings (SSSR count). The number of rotatable bonds is 4. The van der Waals surface area contributed by atoms with Crippen LogP contribution < -0.4 is 5.32 Å². The van der Waals surface area contributed by atoms with Crippen LogP contribution >= 0.6 is 23.2 Å². The highest BCUT2D eigenvalue weighted by atomic mass is 35.5. The Balaban J connectivity index is 2.31. The fourth-order valence-electron chi connectivity index (χ4n) is 2.26. The van der Waals surface area contributed by atoms with E-state index in [1.165, 1.54) is 6.07 Å². The summed E-state index contributed by atoms with van der Waals surface area (Å²) in [6.45, 7) is 2.02. The van der Waals surface area contributed by atoms with Gasteiger partial charge in [-0.3, -0.25) is 0 Å². The van der Waals surface area contributed by atoms with Crippen LogP contribution in [-0.4, -0.2) is 7.05 Å². The van der Waals surface area contributed by atoms with Crippen LogP contribution in [-0.2, 0) is 6.42 Å². The van der Waals surface area contributed by atoms with Gasteiger partial charge in [-0.2, -0.15) is 0 Å². The Morgan fingerprint density at radius 2 is 1.75 bits per heavy atom. The first-order chi connectivity index (χ1) is 9.51. The van der Waals surface area contributed by atoms with E-state index in [-0.39, 0.29) is 11.9 Å². The minimum absolute atomic E-state index is 0.00405. The molecular formula is C16H16Cl2FN. The minimum Gasteiger partial charge on any atom is -0.313 e. The van der Waals surface area contributed by atoms with Crippen LogP contribution in [0.3, 0.4) is 0 Å². The lowest BCUT2D eigenvalue weighted by atomic mass is 9.95. The van der Waals surface area contributed by atoms with E-state index in [0.29, 0.717) is 22.0 Å². The van der Waals surface area contributed by atoms with Crippen molar-refractivity contribution in [2.45, 2.75) is 19.4 Å². The van der Waals surface area contributed by atoms with Gasteiger partial charge in [-0.15, -0.1) is 0 Å². The van der Waals surface area contributed by atoms with Crippen molar-refractivity contribution in [3.63, 3.8) is 0 Å². The van der Waals surface area contributed by atoms with Crippen molar-refractivity contribution >= 4 is 23.2 Å². The van der Waals surface area contributed by atoms with Gasteiger partial charge in [-0.05, 0) is 61.3 Å². The Morgan fingerprint density at radius 1 is 1.10 bits per heavy atom. The molecule has 106 valence electrons. The van der Waals surface area contributed by atoms with Crippen molar-refractivity contribution in [3.8, 4) is 0 Å². The average molecular weight is 312 g/mol. The molecule has 0 saturated heterocycles. The molecule has 2 aromatic rings. The molecule has 1 atom stereocenters. The lowest BCUT2D eigenvalue weighted by molar-refractivity contribution is 0.553. The number of halogens is 3. The predicted molar refractivity (Wildman–Crippen MR) is 83.1 cm³/mol. The van der Waals surface area contributed by atoms with Gasteiger partial charge in [0.2, 0.25) is 0 Å². The summed E-state index contributed by atoms with van der Waals surface area (Å²) in [6.07, 6.45) is 0.542. The lowest BCUT2D eigenvalue weighted by Crippen LogP contribution is -2.20. The Morgan fingerprint density at radius 3 is 2.40 bits per heavy atom. The molecular weight excluding hydrogens is 296 g/mol. The predicted octanol–water partition coefficient (Wildman–Crippen LogP) is 4.94. The molecule has 20 heavy (non-hydrogen) atoms. The number of nitrogens with one attached hydrogen (secondary N) is 1. The zero-order valence-electron chi connectivity index (χ0n) is 11.4. The SMILES string of the molecule is CNC(Cc1ccc(Cl)cc1F)c1cc(Cl)ccc1C. The number of likely N-dealkylation sites (N-methyl/N-ethyl adjacent to an activating group) is 1. The number of hydrogen-bond donors (Lipinski definition) is 1. The molecule has 0 bridgehead atoms. The molecule has 0 aromatic heterocycles. The first-order valence-electron chi connectivity index (χ1n) is 6.38. The third-order valence-electron chi connectivity index (χ3n) is 3.40. The lowest BCUT2D eigenvalue weighted by Gasteiger charge is -2.19. The van der Waals surface area contributed by atoms with Crippen molar-refractivity contribution in [2.75, 3.05) is 7.05 Å². The van der Waals surface area contributed by atoms with Crippen LogP contribution in [0.2, 0.25) is 10.0 Å². The average Bonchev–Trinajstić information content (AvgIpc) is 2.41. The first-order valence-corrected chi connectivity index (χ1v) is 7.14. The summed E-state index contributed by atoms with van der Waals surface area (Å²) < 4.78 is 13.9. The van der Waals surface area contributed by atoms with Gasteiger partial charge in [-0.1, -0.05) is 35.3 Å². The summed E-state index contributed by atoms with van der Waals surface area (Å²) >= 11 is 11.8. The van der Waals surface area contributed by atoms with Gasteiger partial charge in [-0.25, -0.2) is 4.39 Å². The van der Waals surface area contributed by atoms with Crippen LogP contribution in [0, 0.1) is 12.7 Å². The fraction of sp³-hybridized carbons (Fsp3) is 0.250. The quantitative estimate of drug-likeness (QED) is 0.843. The zero-order valence-corrected chi connectivity index (χ0v) is 12.9. The topological polar surface area (TPSA) is 12.0 Å². The minimum atomic E-state index is -0.280. The normalized spacial score (nSPS) is 12.4. The zero-order chi connectivity index (χ0) is 14.7. The second-order valence-electron chi connectivity index (χ2n) is 4.78. The van der Waals surface area contributed by atoms with Crippen LogP contribution in [0.15, 0.2) is 36.4 Å². The summed E-state index contributed by atoms with van der Waals surface area (Å²) in [5, 5.41) is 4.31. The summed E-state index contributed by atoms with van der Waals surface area (Å²) in [6, 6.07) is 10.5. The van der Waals surface area contributed by atoms with Gasteiger partial charge in [0.05, 0.1) is 0 Å². The van der Waals surface area contributed by atoms with Crippen molar-refractivity contribution in [1.82, 2.24) is 5.32 Å². The maximum Gasteiger partial charge on any atom is 0.127 e. The Labute approximate surface area is 128 Å². The second-order valence-corrected chi connectivity index (χ2v) is 5.65. The summed E-state index contributed by atoms with van der Waals surface area (Å²) in [5.41, 5.74) is 2.84. The number of benzene rings is 2. The third-order valence-corrected chi connectivity index (χ3v) is 3.87. The van der Waals surface area contributed by atoms with E-state index in [1.54, 1.807) is 12.1 Å². The van der Waals surface area contributed by atoms with E-state index < -0.39 is 0 Å². The molecule has 1 unspecified atom stereocenters. The van der Waals surface area contributed by atoms with E-state index in [4.69, 9.17) is 23.2 Å². The standard InChI is InChI=1S/C16H16Cl2FN/c1-10-3-5-12(17)8-14(10)16(20-2)7-11-4-6-13(18)9-15(11)19/h3-6,8-9,16,20H,7H2,1-2H3. The molecule has 0 aliphatic heterocycles. The molecule has 2 aromatic carbocycles. The Bertz CT molecular complexity index is 613. The first kappa shape index (κ1) is 15.3. The molecule has 0 amide bonds. The molecule has 0 saturated carbocycles. The molecule has 0 radical (unpaired) electrons. The van der Waals surface area contributed by atoms with Gasteiger partial charge < -0.3 is 5.32 Å². The highest BCUT2D eigenvalue weighted by molar-refractivity contribution is 6.30. The molecule has 0 fully saturated rings. The van der Waals surface area contributed by atoms with Crippen molar-refractivity contribution in [1.29, 1.82) is 0 Å². The summed E-state index contributed by atoms with van der Waals surface area (Å²) in [4.78, 5) is 0. The monoisotopic (exact) mass is 311 g/mol. The van der Waals surface area contributed by atoms with Crippen LogP contribution in [0.25, 0.3) is 0 Å². The fourth-order valence-corrected chi connectivity index (χ4v) is 2.60. The second kappa shape index (κ2) is 6.57. The van der Waals surface area contributed by atoms with Gasteiger partial charge in [0.1, 0.15) is 5.82 Å². The highest BCUT2D eigenvalue weighted by Gasteiger charge is 2.15. The maximum atomic E-state index is 13.9. The summed E-state index contributed by atoms with van der Waals surface area (Å²) in [7, 11) is 1.86. The summed E-state index contributed by atoms with van der Waals surface area (Å²) in [5.74, 6) is -0.280. The third kappa shape index (κ3) is 3.51. The molecule has 4 heteroatoms. The Kier molecular flexibility index (Phi) is 5.03. The number of aryl methyl sites for hydroxylation is 1. The van der Waals surface area contributed by atoms with Crippen molar-refractivity contribution < 1.29 is 4.39 Å².